The highest BCUT2D eigenvalue weighted by molar-refractivity contribution is 7.99. The van der Waals surface area contributed by atoms with Gasteiger partial charge in [-0.3, -0.25) is 9.36 Å². The fourth-order valence-electron chi connectivity index (χ4n) is 3.84. The maximum Gasteiger partial charge on any atom is 0.263 e. The maximum absolute atomic E-state index is 13.1. The van der Waals surface area contributed by atoms with E-state index in [2.05, 4.69) is 24.3 Å². The molecule has 0 saturated carbocycles. The van der Waals surface area contributed by atoms with Crippen LogP contribution < -0.4 is 5.56 Å². The largest absolute Gasteiger partial charge is 0.287 e. The molecular weight excluding hydrogens is 336 g/mol. The lowest BCUT2D eigenvalue weighted by atomic mass is 9.97. The Morgan fingerprint density at radius 1 is 1.12 bits per heavy atom. The normalized spacial score (nSPS) is 19.9. The number of thioether (sulfide) groups is 1. The van der Waals surface area contributed by atoms with Crippen molar-refractivity contribution >= 4 is 33.3 Å². The van der Waals surface area contributed by atoms with Gasteiger partial charge in [0.25, 0.3) is 5.56 Å². The van der Waals surface area contributed by atoms with Gasteiger partial charge in [-0.2, -0.15) is 0 Å². The van der Waals surface area contributed by atoms with E-state index < -0.39 is 0 Å². The summed E-state index contributed by atoms with van der Waals surface area (Å²) in [4.78, 5) is 20.3. The number of fused-ring (bicyclic) bond motifs is 4. The second-order valence-corrected chi connectivity index (χ2v) is 8.80. The Morgan fingerprint density at radius 3 is 2.83 bits per heavy atom. The van der Waals surface area contributed by atoms with Crippen molar-refractivity contribution < 1.29 is 0 Å². The molecule has 3 heterocycles. The third kappa shape index (κ3) is 2.25. The van der Waals surface area contributed by atoms with Gasteiger partial charge in [-0.1, -0.05) is 42.1 Å². The van der Waals surface area contributed by atoms with Crippen LogP contribution in [0.1, 0.15) is 40.5 Å². The van der Waals surface area contributed by atoms with Gasteiger partial charge in [0.2, 0.25) is 0 Å². The molecule has 122 valence electrons. The summed E-state index contributed by atoms with van der Waals surface area (Å²) in [6.45, 7) is 0.772. The molecule has 0 radical (unpaired) electrons. The molecule has 3 nitrogen and oxygen atoms in total. The Hall–Kier alpha value is -1.59. The molecule has 5 rings (SSSR count). The molecule has 5 heteroatoms. The third-order valence-corrected chi connectivity index (χ3v) is 7.57. The van der Waals surface area contributed by atoms with Crippen molar-refractivity contribution in [3.05, 3.63) is 56.7 Å². The van der Waals surface area contributed by atoms with E-state index in [0.717, 1.165) is 41.2 Å². The molecule has 0 N–H and O–H groups in total. The molecule has 0 fully saturated rings. The molecule has 1 aromatic carbocycles. The highest BCUT2D eigenvalue weighted by atomic mass is 32.2. The zero-order valence-corrected chi connectivity index (χ0v) is 15.0. The fourth-order valence-corrected chi connectivity index (χ4v) is 6.37. The van der Waals surface area contributed by atoms with E-state index >= 15 is 0 Å². The summed E-state index contributed by atoms with van der Waals surface area (Å²) in [5.41, 5.74) is 2.81. The van der Waals surface area contributed by atoms with Crippen LogP contribution in [0.2, 0.25) is 0 Å². The Balaban J connectivity index is 1.62. The fraction of sp³-hybridized carbons (Fsp3) is 0.368. The van der Waals surface area contributed by atoms with E-state index in [1.165, 1.54) is 28.8 Å². The van der Waals surface area contributed by atoms with E-state index in [-0.39, 0.29) is 5.56 Å². The second kappa shape index (κ2) is 5.74. The minimum atomic E-state index is 0.188. The van der Waals surface area contributed by atoms with Crippen LogP contribution in [-0.4, -0.2) is 9.55 Å². The lowest BCUT2D eigenvalue weighted by molar-refractivity contribution is 0.537. The van der Waals surface area contributed by atoms with Gasteiger partial charge in [0.05, 0.1) is 5.39 Å². The van der Waals surface area contributed by atoms with E-state index in [0.29, 0.717) is 5.25 Å². The van der Waals surface area contributed by atoms with Crippen LogP contribution >= 0.6 is 23.1 Å². The average molecular weight is 355 g/mol. The first kappa shape index (κ1) is 14.7. The van der Waals surface area contributed by atoms with Crippen LogP contribution in [0.25, 0.3) is 10.2 Å². The first-order valence-corrected chi connectivity index (χ1v) is 10.3. The molecule has 0 saturated heterocycles. The van der Waals surface area contributed by atoms with Gasteiger partial charge in [-0.25, -0.2) is 4.98 Å². The van der Waals surface area contributed by atoms with Crippen molar-refractivity contribution in [1.29, 1.82) is 0 Å². The lowest BCUT2D eigenvalue weighted by Gasteiger charge is -2.24. The van der Waals surface area contributed by atoms with Gasteiger partial charge in [0.15, 0.2) is 5.16 Å². The highest BCUT2D eigenvalue weighted by Gasteiger charge is 2.27. The van der Waals surface area contributed by atoms with Crippen LogP contribution in [0.5, 0.6) is 0 Å². The molecule has 0 spiro atoms. The number of thiophene rings is 1. The second-order valence-electron chi connectivity index (χ2n) is 6.55. The standard InChI is InChI=1S/C19H18N2OS2/c22-18-16-13-8-4-5-9-15(13)23-17(16)20-19-21(18)11-10-14(24-19)12-6-2-1-3-7-12/h1-3,6-7,14H,4-5,8-11H2/t14-/m0/s1. The molecule has 3 aromatic rings. The summed E-state index contributed by atoms with van der Waals surface area (Å²) in [5, 5.41) is 2.20. The highest BCUT2D eigenvalue weighted by Crippen LogP contribution is 2.42. The summed E-state index contributed by atoms with van der Waals surface area (Å²) < 4.78 is 1.91. The molecule has 0 amide bonds. The quantitative estimate of drug-likeness (QED) is 0.600. The van der Waals surface area contributed by atoms with Crippen molar-refractivity contribution in [2.24, 2.45) is 0 Å². The zero-order chi connectivity index (χ0) is 16.1. The minimum absolute atomic E-state index is 0.188. The number of aromatic nitrogens is 2. The number of benzene rings is 1. The minimum Gasteiger partial charge on any atom is -0.287 e. The molecule has 1 aliphatic carbocycles. The Labute approximate surface area is 148 Å². The smallest absolute Gasteiger partial charge is 0.263 e. The first-order valence-electron chi connectivity index (χ1n) is 8.58. The van der Waals surface area contributed by atoms with E-state index in [4.69, 9.17) is 4.98 Å². The van der Waals surface area contributed by atoms with Crippen LogP contribution in [0.3, 0.4) is 0 Å². The maximum atomic E-state index is 13.1. The van der Waals surface area contributed by atoms with Crippen molar-refractivity contribution in [3.63, 3.8) is 0 Å². The van der Waals surface area contributed by atoms with E-state index in [1.54, 1.807) is 23.1 Å². The third-order valence-electron chi connectivity index (χ3n) is 5.07. The van der Waals surface area contributed by atoms with Crippen molar-refractivity contribution in [1.82, 2.24) is 9.55 Å². The number of rotatable bonds is 1. The van der Waals surface area contributed by atoms with Crippen LogP contribution in [-0.2, 0) is 19.4 Å². The van der Waals surface area contributed by atoms with Crippen molar-refractivity contribution in [2.75, 3.05) is 0 Å². The summed E-state index contributed by atoms with van der Waals surface area (Å²) in [6.07, 6.45) is 5.59. The molecule has 1 aliphatic heterocycles. The number of hydrogen-bond acceptors (Lipinski definition) is 4. The van der Waals surface area contributed by atoms with Crippen molar-refractivity contribution in [3.8, 4) is 0 Å². The average Bonchev–Trinajstić information content (AvgIpc) is 3.00. The summed E-state index contributed by atoms with van der Waals surface area (Å²) in [5.74, 6) is 0. The Kier molecular flexibility index (Phi) is 3.52. The molecule has 2 aliphatic rings. The van der Waals surface area contributed by atoms with E-state index in [1.807, 2.05) is 10.6 Å². The zero-order valence-electron chi connectivity index (χ0n) is 13.3. The van der Waals surface area contributed by atoms with Crippen LogP contribution in [0.4, 0.5) is 0 Å². The predicted molar refractivity (Wildman–Crippen MR) is 100 cm³/mol. The summed E-state index contributed by atoms with van der Waals surface area (Å²) >= 11 is 3.49. The molecule has 0 unspecified atom stereocenters. The van der Waals surface area contributed by atoms with E-state index in [9.17, 15) is 4.79 Å². The molecular formula is C19H18N2OS2. The Morgan fingerprint density at radius 2 is 1.96 bits per heavy atom. The van der Waals surface area contributed by atoms with Gasteiger partial charge in [0.1, 0.15) is 4.83 Å². The van der Waals surface area contributed by atoms with Crippen molar-refractivity contribution in [2.45, 2.75) is 49.1 Å². The number of nitrogens with zero attached hydrogens (tertiary/aromatic N) is 2. The topological polar surface area (TPSA) is 34.9 Å². The lowest BCUT2D eigenvalue weighted by Crippen LogP contribution is -2.27. The summed E-state index contributed by atoms with van der Waals surface area (Å²) in [7, 11) is 0. The predicted octanol–water partition coefficient (Wildman–Crippen LogP) is 4.57. The Bertz CT molecular complexity index is 974. The van der Waals surface area contributed by atoms with Gasteiger partial charge >= 0.3 is 0 Å². The molecule has 2 aromatic heterocycles. The number of hydrogen-bond donors (Lipinski definition) is 0. The molecule has 0 bridgehead atoms. The monoisotopic (exact) mass is 354 g/mol. The SMILES string of the molecule is O=c1c2c3c(sc2nc2n1CC[C@@H](c1ccccc1)S2)CCCC3. The van der Waals surface area contributed by atoms with Gasteiger partial charge in [-0.05, 0) is 43.2 Å². The first-order chi connectivity index (χ1) is 11.8. The van der Waals surface area contributed by atoms with Gasteiger partial charge in [-0.15, -0.1) is 11.3 Å². The summed E-state index contributed by atoms with van der Waals surface area (Å²) in [6, 6.07) is 10.6. The van der Waals surface area contributed by atoms with Crippen LogP contribution in [0.15, 0.2) is 40.3 Å². The van der Waals surface area contributed by atoms with Gasteiger partial charge in [0, 0.05) is 16.7 Å². The van der Waals surface area contributed by atoms with Gasteiger partial charge < -0.3 is 0 Å². The van der Waals surface area contributed by atoms with Crippen LogP contribution in [0, 0.1) is 0 Å². The molecule has 1 atom stereocenters. The molecule has 24 heavy (non-hydrogen) atoms. The number of aryl methyl sites for hydroxylation is 2.